The zero-order chi connectivity index (χ0) is 47.4. The van der Waals surface area contributed by atoms with E-state index in [0.29, 0.717) is 19.4 Å². The van der Waals surface area contributed by atoms with Gasteiger partial charge in [0.25, 0.3) is 0 Å². The highest BCUT2D eigenvalue weighted by Crippen LogP contribution is 2.23. The van der Waals surface area contributed by atoms with Crippen LogP contribution in [0.1, 0.15) is 232 Å². The lowest BCUT2D eigenvalue weighted by Crippen LogP contribution is -2.60. The third kappa shape index (κ3) is 34.8. The van der Waals surface area contributed by atoms with Crippen molar-refractivity contribution >= 4 is 11.9 Å². The third-order valence-corrected chi connectivity index (χ3v) is 12.5. The minimum absolute atomic E-state index is 0.0205. The van der Waals surface area contributed by atoms with E-state index >= 15 is 0 Å². The van der Waals surface area contributed by atoms with Crippen molar-refractivity contribution in [3.05, 3.63) is 36.5 Å². The van der Waals surface area contributed by atoms with E-state index in [1.807, 2.05) is 6.08 Å². The monoisotopic (exact) mass is 922 g/mol. The van der Waals surface area contributed by atoms with E-state index < -0.39 is 49.5 Å². The first-order chi connectivity index (χ1) is 31.7. The second-order valence-electron chi connectivity index (χ2n) is 18.6. The van der Waals surface area contributed by atoms with Gasteiger partial charge in [-0.3, -0.25) is 9.59 Å². The number of hydrogen-bond donors (Lipinski definition) is 6. The molecule has 0 aromatic carbocycles. The SMILES string of the molecule is CCCCC/C=C/CC/C=C/C(O)C(COC1OC(CO)C(O)C(O)C1O)NC(=O)CCCCCCCCC/C=C\CCCCCCCCOC(=O)CCCCCCCCCCCCC. The fraction of sp³-hybridized carbons (Fsp3) is 0.852. The molecule has 6 N–H and O–H groups in total. The third-order valence-electron chi connectivity index (χ3n) is 12.5. The van der Waals surface area contributed by atoms with Crippen molar-refractivity contribution in [3.8, 4) is 0 Å². The molecule has 7 atom stereocenters. The summed E-state index contributed by atoms with van der Waals surface area (Å²) in [5.74, 6) is -0.228. The van der Waals surface area contributed by atoms with Crippen molar-refractivity contribution in [1.82, 2.24) is 5.32 Å². The van der Waals surface area contributed by atoms with Crippen LogP contribution in [0.4, 0.5) is 0 Å². The fourth-order valence-electron chi connectivity index (χ4n) is 8.15. The Morgan fingerprint density at radius 1 is 0.554 bits per heavy atom. The van der Waals surface area contributed by atoms with Gasteiger partial charge in [0.15, 0.2) is 6.29 Å². The number of carbonyl (C=O) groups excluding carboxylic acids is 2. The van der Waals surface area contributed by atoms with Gasteiger partial charge >= 0.3 is 5.97 Å². The van der Waals surface area contributed by atoms with Crippen LogP contribution in [0.3, 0.4) is 0 Å². The molecule has 1 aliphatic rings. The number of unbranched alkanes of at least 4 members (excludes halogenated alkanes) is 27. The molecular weight excluding hydrogens is 823 g/mol. The van der Waals surface area contributed by atoms with Crippen molar-refractivity contribution in [2.45, 2.75) is 275 Å². The smallest absolute Gasteiger partial charge is 0.305 e. The van der Waals surface area contributed by atoms with E-state index in [4.69, 9.17) is 14.2 Å². The van der Waals surface area contributed by atoms with Gasteiger partial charge in [0.1, 0.15) is 24.4 Å². The number of ether oxygens (including phenoxy) is 3. The molecule has 0 aromatic heterocycles. The van der Waals surface area contributed by atoms with E-state index in [0.717, 1.165) is 83.5 Å². The van der Waals surface area contributed by atoms with Crippen LogP contribution in [-0.4, -0.2) is 100 Å². The van der Waals surface area contributed by atoms with Gasteiger partial charge in [0, 0.05) is 12.8 Å². The lowest BCUT2D eigenvalue weighted by Gasteiger charge is -2.40. The molecule has 11 nitrogen and oxygen atoms in total. The Morgan fingerprint density at radius 2 is 1.00 bits per heavy atom. The minimum Gasteiger partial charge on any atom is -0.466 e. The van der Waals surface area contributed by atoms with Gasteiger partial charge in [-0.05, 0) is 70.6 Å². The van der Waals surface area contributed by atoms with Crippen LogP contribution in [0.2, 0.25) is 0 Å². The lowest BCUT2D eigenvalue weighted by atomic mass is 9.99. The Hall–Kier alpha value is -2.12. The predicted octanol–water partition coefficient (Wildman–Crippen LogP) is 11.2. The molecule has 11 heteroatoms. The molecule has 1 rings (SSSR count). The highest BCUT2D eigenvalue weighted by Gasteiger charge is 2.44. The Morgan fingerprint density at radius 3 is 1.55 bits per heavy atom. The van der Waals surface area contributed by atoms with Crippen LogP contribution in [0.5, 0.6) is 0 Å². The van der Waals surface area contributed by atoms with Crippen LogP contribution in [0.15, 0.2) is 36.5 Å². The van der Waals surface area contributed by atoms with Crippen molar-refractivity contribution < 1.29 is 49.3 Å². The number of aliphatic hydroxyl groups excluding tert-OH is 5. The topological polar surface area (TPSA) is 175 Å². The normalized spacial score (nSPS) is 20.0. The van der Waals surface area contributed by atoms with Gasteiger partial charge in [-0.15, -0.1) is 0 Å². The Kier molecular flexibility index (Phi) is 41.6. The van der Waals surface area contributed by atoms with E-state index in [1.165, 1.54) is 122 Å². The van der Waals surface area contributed by atoms with Gasteiger partial charge in [-0.25, -0.2) is 0 Å². The number of carbonyl (C=O) groups is 2. The highest BCUT2D eigenvalue weighted by atomic mass is 16.7. The zero-order valence-electron chi connectivity index (χ0n) is 41.4. The number of esters is 1. The van der Waals surface area contributed by atoms with Crippen molar-refractivity contribution in [3.63, 3.8) is 0 Å². The molecule has 0 radical (unpaired) electrons. The maximum absolute atomic E-state index is 12.9. The second-order valence-corrected chi connectivity index (χ2v) is 18.6. The molecule has 1 fully saturated rings. The van der Waals surface area contributed by atoms with Crippen LogP contribution in [0.25, 0.3) is 0 Å². The number of hydrogen-bond acceptors (Lipinski definition) is 10. The Bertz CT molecular complexity index is 1180. The van der Waals surface area contributed by atoms with E-state index in [2.05, 4.69) is 43.5 Å². The van der Waals surface area contributed by atoms with E-state index in [9.17, 15) is 35.1 Å². The van der Waals surface area contributed by atoms with Crippen LogP contribution < -0.4 is 5.32 Å². The largest absolute Gasteiger partial charge is 0.466 e. The summed E-state index contributed by atoms with van der Waals surface area (Å²) in [6.45, 7) is 4.23. The summed E-state index contributed by atoms with van der Waals surface area (Å²) in [6.07, 6.45) is 42.4. The number of aliphatic hydroxyl groups is 5. The maximum Gasteiger partial charge on any atom is 0.305 e. The summed E-state index contributed by atoms with van der Waals surface area (Å²) >= 11 is 0. The molecule has 380 valence electrons. The van der Waals surface area contributed by atoms with Crippen molar-refractivity contribution in [2.24, 2.45) is 0 Å². The summed E-state index contributed by atoms with van der Waals surface area (Å²) in [5.41, 5.74) is 0. The van der Waals surface area contributed by atoms with E-state index in [1.54, 1.807) is 6.08 Å². The fourth-order valence-corrected chi connectivity index (χ4v) is 8.15. The summed E-state index contributed by atoms with van der Waals surface area (Å²) < 4.78 is 16.6. The molecule has 0 aromatic rings. The van der Waals surface area contributed by atoms with Gasteiger partial charge < -0.3 is 45.1 Å². The highest BCUT2D eigenvalue weighted by molar-refractivity contribution is 5.76. The zero-order valence-corrected chi connectivity index (χ0v) is 41.4. The molecule has 0 bridgehead atoms. The minimum atomic E-state index is -1.58. The summed E-state index contributed by atoms with van der Waals surface area (Å²) in [5, 5.41) is 54.0. The first kappa shape index (κ1) is 60.9. The predicted molar refractivity (Wildman–Crippen MR) is 264 cm³/mol. The first-order valence-electron chi connectivity index (χ1n) is 26.8. The quantitative estimate of drug-likeness (QED) is 0.0196. The molecule has 1 heterocycles. The molecule has 0 spiro atoms. The van der Waals surface area contributed by atoms with E-state index in [-0.39, 0.29) is 18.5 Å². The molecule has 1 saturated heterocycles. The van der Waals surface area contributed by atoms with Crippen LogP contribution in [-0.2, 0) is 23.8 Å². The molecule has 7 unspecified atom stereocenters. The van der Waals surface area contributed by atoms with Crippen LogP contribution >= 0.6 is 0 Å². The summed E-state index contributed by atoms with van der Waals surface area (Å²) in [4.78, 5) is 24.9. The van der Waals surface area contributed by atoms with Crippen molar-refractivity contribution in [2.75, 3.05) is 19.8 Å². The number of allylic oxidation sites excluding steroid dienone is 5. The van der Waals surface area contributed by atoms with Gasteiger partial charge in [-0.1, -0.05) is 185 Å². The van der Waals surface area contributed by atoms with Gasteiger partial charge in [-0.2, -0.15) is 0 Å². The molecule has 0 aliphatic carbocycles. The molecular formula is C54H99NO10. The second kappa shape index (κ2) is 44.4. The van der Waals surface area contributed by atoms with Crippen LogP contribution in [0, 0.1) is 0 Å². The molecule has 1 aliphatic heterocycles. The maximum atomic E-state index is 12.9. The summed E-state index contributed by atoms with van der Waals surface area (Å²) in [7, 11) is 0. The standard InChI is InChI=1S/C54H99NO10/c1-3-5-7-9-11-13-21-26-30-34-38-42-50(59)63-43-39-35-31-27-23-20-18-16-14-15-17-19-22-25-29-33-37-41-49(58)55-46(47(57)40-36-32-28-24-12-10-8-6-4-2)45-64-54-53(62)52(61)51(60)48(44-56)65-54/h12,14,16,24,36,40,46-48,51-54,56-57,60-62H,3-11,13,15,17-23,25-35,37-39,41-45H2,1-2H3,(H,55,58)/b16-14-,24-12+,40-36+. The average Bonchev–Trinajstić information content (AvgIpc) is 3.30. The van der Waals surface area contributed by atoms with Crippen molar-refractivity contribution in [1.29, 1.82) is 0 Å². The molecule has 65 heavy (non-hydrogen) atoms. The van der Waals surface area contributed by atoms with Gasteiger partial charge in [0.2, 0.25) is 5.91 Å². The Labute approximate surface area is 396 Å². The molecule has 1 amide bonds. The number of rotatable bonds is 45. The Balaban J connectivity index is 2.11. The summed E-state index contributed by atoms with van der Waals surface area (Å²) in [6, 6.07) is -0.834. The lowest BCUT2D eigenvalue weighted by molar-refractivity contribution is -0.302. The molecule has 0 saturated carbocycles. The number of nitrogens with one attached hydrogen (secondary N) is 1. The number of amides is 1. The average molecular weight is 922 g/mol. The van der Waals surface area contributed by atoms with Gasteiger partial charge in [0.05, 0.1) is 32.0 Å². The first-order valence-corrected chi connectivity index (χ1v) is 26.8.